The van der Waals surface area contributed by atoms with Crippen molar-refractivity contribution >= 4 is 0 Å². The SMILES string of the molecule is C[C-]1CC2(C)CC12. The molecule has 40 valence electrons. The molecular weight excluding hydrogens is 84.1 g/mol. The van der Waals surface area contributed by atoms with Crippen LogP contribution in [0.4, 0.5) is 0 Å². The molecule has 2 aliphatic carbocycles. The topological polar surface area (TPSA) is 0 Å². The highest BCUT2D eigenvalue weighted by Crippen LogP contribution is 2.71. The van der Waals surface area contributed by atoms with Crippen LogP contribution in [0.1, 0.15) is 26.7 Å². The fourth-order valence-electron chi connectivity index (χ4n) is 2.00. The van der Waals surface area contributed by atoms with Crippen molar-refractivity contribution < 1.29 is 0 Å². The second kappa shape index (κ2) is 0.765. The molecule has 0 nitrogen and oxygen atoms in total. The molecule has 0 bridgehead atoms. The lowest BCUT2D eigenvalue weighted by atomic mass is 9.77. The average molecular weight is 95.2 g/mol. The Morgan fingerprint density at radius 2 is 2.43 bits per heavy atom. The molecule has 0 spiro atoms. The van der Waals surface area contributed by atoms with Gasteiger partial charge in [-0.3, -0.25) is 0 Å². The van der Waals surface area contributed by atoms with E-state index in [4.69, 9.17) is 0 Å². The summed E-state index contributed by atoms with van der Waals surface area (Å²) in [7, 11) is 0. The van der Waals surface area contributed by atoms with Crippen LogP contribution in [0.3, 0.4) is 0 Å². The van der Waals surface area contributed by atoms with Crippen molar-refractivity contribution in [3.63, 3.8) is 0 Å². The van der Waals surface area contributed by atoms with E-state index in [1.165, 1.54) is 12.8 Å². The first-order chi connectivity index (χ1) is 3.22. The van der Waals surface area contributed by atoms with E-state index in [1.807, 2.05) is 0 Å². The molecule has 2 unspecified atom stereocenters. The van der Waals surface area contributed by atoms with E-state index in [2.05, 4.69) is 13.8 Å². The Morgan fingerprint density at radius 1 is 1.71 bits per heavy atom. The Balaban J connectivity index is 2.12. The van der Waals surface area contributed by atoms with E-state index in [0.717, 1.165) is 11.3 Å². The molecule has 0 heterocycles. The lowest BCUT2D eigenvalue weighted by Crippen LogP contribution is -2.17. The molecule has 2 rings (SSSR count). The van der Waals surface area contributed by atoms with Gasteiger partial charge in [-0.05, 0) is 0 Å². The molecule has 0 aromatic carbocycles. The van der Waals surface area contributed by atoms with Crippen molar-refractivity contribution in [2.75, 3.05) is 0 Å². The third kappa shape index (κ3) is 0.296. The number of fused-ring (bicyclic) bond motifs is 1. The smallest absolute Gasteiger partial charge is 0.0643 e. The van der Waals surface area contributed by atoms with Gasteiger partial charge in [0.25, 0.3) is 0 Å². The summed E-state index contributed by atoms with van der Waals surface area (Å²) in [6.45, 7) is 4.68. The van der Waals surface area contributed by atoms with Gasteiger partial charge >= 0.3 is 0 Å². The van der Waals surface area contributed by atoms with Gasteiger partial charge in [-0.15, -0.1) is 0 Å². The molecule has 0 aromatic heterocycles. The van der Waals surface area contributed by atoms with Crippen molar-refractivity contribution in [3.8, 4) is 0 Å². The van der Waals surface area contributed by atoms with E-state index < -0.39 is 0 Å². The molecule has 0 aliphatic heterocycles. The summed E-state index contributed by atoms with van der Waals surface area (Å²) in [4.78, 5) is 0. The van der Waals surface area contributed by atoms with Gasteiger partial charge in [0.15, 0.2) is 0 Å². The van der Waals surface area contributed by atoms with Crippen LogP contribution >= 0.6 is 0 Å². The quantitative estimate of drug-likeness (QED) is 0.404. The molecule has 0 radical (unpaired) electrons. The van der Waals surface area contributed by atoms with Crippen LogP contribution in [0.25, 0.3) is 0 Å². The lowest BCUT2D eigenvalue weighted by Gasteiger charge is -2.42. The van der Waals surface area contributed by atoms with Gasteiger partial charge in [0, 0.05) is 0 Å². The van der Waals surface area contributed by atoms with Crippen LogP contribution in [0.15, 0.2) is 0 Å². The number of hydrogen-bond acceptors (Lipinski definition) is 0. The molecular formula is C7H11-. The Bertz CT molecular complexity index is 107. The van der Waals surface area contributed by atoms with E-state index in [1.54, 1.807) is 5.92 Å². The standard InChI is InChI=1S/C7H11/c1-5-3-7(2)4-6(5)7/h6H,3-4H2,1-2H3/q-1. The third-order valence-corrected chi connectivity index (χ3v) is 2.63. The fourth-order valence-corrected chi connectivity index (χ4v) is 2.00. The maximum atomic E-state index is 2.39. The molecule has 0 amide bonds. The first kappa shape index (κ1) is 3.94. The van der Waals surface area contributed by atoms with Crippen LogP contribution in [-0.4, -0.2) is 0 Å². The van der Waals surface area contributed by atoms with E-state index in [-0.39, 0.29) is 0 Å². The van der Waals surface area contributed by atoms with Crippen LogP contribution in [0.2, 0.25) is 0 Å². The van der Waals surface area contributed by atoms with E-state index in [9.17, 15) is 0 Å². The zero-order chi connectivity index (χ0) is 5.07. The normalized spacial score (nSPS) is 58.3. The average Bonchev–Trinajstić information content (AvgIpc) is 2.10. The van der Waals surface area contributed by atoms with Crippen LogP contribution in [-0.2, 0) is 0 Å². The summed E-state index contributed by atoms with van der Waals surface area (Å²) in [5.74, 6) is 2.81. The van der Waals surface area contributed by atoms with Crippen molar-refractivity contribution in [2.24, 2.45) is 11.3 Å². The summed E-state index contributed by atoms with van der Waals surface area (Å²) >= 11 is 0. The molecule has 2 atom stereocenters. The second-order valence-corrected chi connectivity index (χ2v) is 3.43. The van der Waals surface area contributed by atoms with Gasteiger partial charge in [-0.2, -0.15) is 19.3 Å². The summed E-state index contributed by atoms with van der Waals surface area (Å²) in [5, 5.41) is 0. The monoisotopic (exact) mass is 95.1 g/mol. The van der Waals surface area contributed by atoms with Gasteiger partial charge in [-0.25, -0.2) is 0 Å². The summed E-state index contributed by atoms with van der Waals surface area (Å²) in [6, 6.07) is 0. The van der Waals surface area contributed by atoms with Crippen LogP contribution < -0.4 is 0 Å². The van der Waals surface area contributed by atoms with Crippen LogP contribution in [0, 0.1) is 17.3 Å². The first-order valence-corrected chi connectivity index (χ1v) is 3.05. The lowest BCUT2D eigenvalue weighted by molar-refractivity contribution is 0.367. The van der Waals surface area contributed by atoms with E-state index >= 15 is 0 Å². The highest BCUT2D eigenvalue weighted by atomic mass is 14.7. The fraction of sp³-hybridized carbons (Fsp3) is 0.857. The zero-order valence-corrected chi connectivity index (χ0v) is 4.99. The Kier molecular flexibility index (Phi) is 0.430. The largest absolute Gasteiger partial charge is 0.313 e. The van der Waals surface area contributed by atoms with E-state index in [0.29, 0.717) is 0 Å². The molecule has 7 heavy (non-hydrogen) atoms. The van der Waals surface area contributed by atoms with Crippen molar-refractivity contribution in [1.82, 2.24) is 0 Å². The molecule has 2 saturated carbocycles. The van der Waals surface area contributed by atoms with Crippen molar-refractivity contribution in [2.45, 2.75) is 26.7 Å². The minimum atomic E-state index is 0.823. The summed E-state index contributed by atoms with van der Waals surface area (Å²) in [5.41, 5.74) is 0.823. The summed E-state index contributed by atoms with van der Waals surface area (Å²) < 4.78 is 0. The molecule has 0 heteroatoms. The predicted octanol–water partition coefficient (Wildman–Crippen LogP) is 2.01. The van der Waals surface area contributed by atoms with Crippen molar-refractivity contribution in [3.05, 3.63) is 5.92 Å². The molecule has 0 N–H and O–H groups in total. The predicted molar refractivity (Wildman–Crippen MR) is 29.7 cm³/mol. The van der Waals surface area contributed by atoms with Gasteiger partial charge in [0.2, 0.25) is 0 Å². The zero-order valence-electron chi connectivity index (χ0n) is 4.99. The minimum absolute atomic E-state index is 0.823. The highest BCUT2D eigenvalue weighted by Gasteiger charge is 2.51. The molecule has 2 aliphatic rings. The van der Waals surface area contributed by atoms with Gasteiger partial charge in [0.1, 0.15) is 0 Å². The van der Waals surface area contributed by atoms with Gasteiger partial charge in [-0.1, -0.05) is 18.8 Å². The molecule has 0 aromatic rings. The third-order valence-electron chi connectivity index (χ3n) is 2.63. The number of rotatable bonds is 0. The number of hydrogen-bond donors (Lipinski definition) is 0. The van der Waals surface area contributed by atoms with Crippen molar-refractivity contribution in [1.29, 1.82) is 0 Å². The second-order valence-electron chi connectivity index (χ2n) is 3.43. The van der Waals surface area contributed by atoms with Gasteiger partial charge in [0.05, 0.1) is 0 Å². The molecule has 0 saturated heterocycles. The Morgan fingerprint density at radius 3 is 2.43 bits per heavy atom. The first-order valence-electron chi connectivity index (χ1n) is 3.05. The summed E-state index contributed by atoms with van der Waals surface area (Å²) in [6.07, 6.45) is 2.93. The maximum absolute atomic E-state index is 2.39. The van der Waals surface area contributed by atoms with Gasteiger partial charge < -0.3 is 5.92 Å². The Labute approximate surface area is 44.9 Å². The molecule has 2 fully saturated rings. The highest BCUT2D eigenvalue weighted by molar-refractivity contribution is 5.25. The maximum Gasteiger partial charge on any atom is -0.0643 e. The minimum Gasteiger partial charge on any atom is -0.313 e. The van der Waals surface area contributed by atoms with Crippen LogP contribution in [0.5, 0.6) is 0 Å². The Hall–Kier alpha value is 0.